The number of hydrogen-bond donors (Lipinski definition) is 0. The molecule has 0 aliphatic carbocycles. The summed E-state index contributed by atoms with van der Waals surface area (Å²) in [6.45, 7) is 2.19. The molecule has 0 aliphatic heterocycles. The van der Waals surface area contributed by atoms with Gasteiger partial charge in [-0.3, -0.25) is 20.2 Å². The van der Waals surface area contributed by atoms with E-state index in [0.717, 1.165) is 50.5 Å². The molecule has 0 saturated carbocycles. The van der Waals surface area contributed by atoms with E-state index < -0.39 is 12.1 Å². The third kappa shape index (κ3) is 11.6. The van der Waals surface area contributed by atoms with Gasteiger partial charge in [0, 0.05) is 34.7 Å². The van der Waals surface area contributed by atoms with E-state index in [2.05, 4.69) is 6.92 Å². The first kappa shape index (κ1) is 25.1. The first-order valence-corrected chi connectivity index (χ1v) is 11.4. The lowest BCUT2D eigenvalue weighted by Gasteiger charge is -2.10. The van der Waals surface area contributed by atoms with E-state index in [1.165, 1.54) is 25.7 Å². The van der Waals surface area contributed by atoms with Gasteiger partial charge in [-0.15, -0.1) is 0 Å². The first-order chi connectivity index (χ1) is 14.1. The van der Waals surface area contributed by atoms with E-state index in [1.807, 2.05) is 30.3 Å². The second-order valence-corrected chi connectivity index (χ2v) is 8.05. The third-order valence-corrected chi connectivity index (χ3v) is 5.64. The zero-order valence-corrected chi connectivity index (χ0v) is 18.0. The summed E-state index contributed by atoms with van der Waals surface area (Å²) in [6.07, 6.45) is 13.4. The normalized spacial score (nSPS) is 13.1. The molecule has 0 heterocycles. The molecule has 0 radical (unpaired) electrons. The smallest absolute Gasteiger partial charge is 0.238 e. The van der Waals surface area contributed by atoms with Crippen molar-refractivity contribution in [3.63, 3.8) is 0 Å². The van der Waals surface area contributed by atoms with Gasteiger partial charge in [-0.05, 0) is 19.3 Å². The maximum absolute atomic E-state index is 11.3. The van der Waals surface area contributed by atoms with Crippen molar-refractivity contribution in [2.24, 2.45) is 0 Å². The molecule has 0 aromatic heterocycles. The van der Waals surface area contributed by atoms with E-state index in [-0.39, 0.29) is 9.85 Å². The lowest BCUT2D eigenvalue weighted by molar-refractivity contribution is -0.530. The quantitative estimate of drug-likeness (QED) is 0.147. The van der Waals surface area contributed by atoms with Crippen molar-refractivity contribution in [1.82, 2.24) is 0 Å². The van der Waals surface area contributed by atoms with Crippen LogP contribution < -0.4 is 0 Å². The summed E-state index contributed by atoms with van der Waals surface area (Å²) in [5.41, 5.74) is 0.765. The maximum atomic E-state index is 11.3. The number of nitro groups is 2. The van der Waals surface area contributed by atoms with Crippen LogP contribution in [0.15, 0.2) is 30.3 Å². The molecule has 0 saturated heterocycles. The molecule has 6 nitrogen and oxygen atoms in total. The molecule has 0 aliphatic rings. The van der Waals surface area contributed by atoms with Crippen molar-refractivity contribution in [3.8, 4) is 0 Å². The molecule has 1 aromatic carbocycles. The van der Waals surface area contributed by atoms with Gasteiger partial charge in [0.2, 0.25) is 12.1 Å². The van der Waals surface area contributed by atoms with E-state index in [0.29, 0.717) is 19.3 Å². The molecular formula is C23H38N2O4. The highest BCUT2D eigenvalue weighted by Gasteiger charge is 2.21. The Kier molecular flexibility index (Phi) is 13.7. The van der Waals surface area contributed by atoms with Gasteiger partial charge < -0.3 is 0 Å². The molecule has 6 heteroatoms. The highest BCUT2D eigenvalue weighted by atomic mass is 16.6. The fraction of sp³-hybridized carbons (Fsp3) is 0.739. The summed E-state index contributed by atoms with van der Waals surface area (Å²) in [6, 6.07) is 8.13. The molecule has 0 spiro atoms. The number of hydrogen-bond acceptors (Lipinski definition) is 4. The van der Waals surface area contributed by atoms with Crippen LogP contribution in [0.4, 0.5) is 0 Å². The maximum Gasteiger partial charge on any atom is 0.238 e. The number of benzene rings is 1. The van der Waals surface area contributed by atoms with Gasteiger partial charge in [0.1, 0.15) is 0 Å². The zero-order valence-electron chi connectivity index (χ0n) is 18.0. The van der Waals surface area contributed by atoms with Gasteiger partial charge in [-0.2, -0.15) is 0 Å². The van der Waals surface area contributed by atoms with Crippen LogP contribution >= 0.6 is 0 Å². The summed E-state index contributed by atoms with van der Waals surface area (Å²) in [5, 5.41) is 22.6. The average Bonchev–Trinajstić information content (AvgIpc) is 2.71. The predicted octanol–water partition coefficient (Wildman–Crippen LogP) is 7.13. The van der Waals surface area contributed by atoms with Crippen LogP contribution in [0.2, 0.25) is 0 Å². The Morgan fingerprint density at radius 1 is 0.690 bits per heavy atom. The van der Waals surface area contributed by atoms with Crippen LogP contribution in [0, 0.1) is 20.2 Å². The van der Waals surface area contributed by atoms with Gasteiger partial charge in [0.05, 0.1) is 0 Å². The molecule has 2 unspecified atom stereocenters. The Morgan fingerprint density at radius 2 is 1.17 bits per heavy atom. The number of unbranched alkanes of at least 4 members (excludes halogenated alkanes) is 9. The van der Waals surface area contributed by atoms with Crippen molar-refractivity contribution in [2.75, 3.05) is 0 Å². The Labute approximate surface area is 175 Å². The standard InChI is InChI=1S/C23H38N2O4/c1-2-3-4-5-7-13-18-22(24(26)27)19-14-8-6-9-15-20-23(25(28)29)21-16-11-10-12-17-21/h10-12,16-17,22-23H,2-9,13-15,18-20H2,1H3. The minimum absolute atomic E-state index is 0.104. The van der Waals surface area contributed by atoms with Crippen molar-refractivity contribution in [3.05, 3.63) is 56.1 Å². The zero-order chi connectivity index (χ0) is 21.3. The Morgan fingerprint density at radius 3 is 1.66 bits per heavy atom. The van der Waals surface area contributed by atoms with Crippen LogP contribution in [0.3, 0.4) is 0 Å². The molecule has 29 heavy (non-hydrogen) atoms. The number of rotatable bonds is 18. The highest BCUT2D eigenvalue weighted by molar-refractivity contribution is 5.17. The van der Waals surface area contributed by atoms with Crippen molar-refractivity contribution in [1.29, 1.82) is 0 Å². The summed E-state index contributed by atoms with van der Waals surface area (Å²) in [4.78, 5) is 22.3. The monoisotopic (exact) mass is 406 g/mol. The van der Waals surface area contributed by atoms with Gasteiger partial charge in [-0.1, -0.05) is 88.6 Å². The third-order valence-electron chi connectivity index (χ3n) is 5.64. The van der Waals surface area contributed by atoms with Crippen LogP contribution in [-0.2, 0) is 0 Å². The summed E-state index contributed by atoms with van der Waals surface area (Å²) in [5.74, 6) is 0. The molecule has 2 atom stereocenters. The van der Waals surface area contributed by atoms with Crippen molar-refractivity contribution < 1.29 is 9.85 Å². The number of nitrogens with zero attached hydrogens (tertiary/aromatic N) is 2. The summed E-state index contributed by atoms with van der Waals surface area (Å²) >= 11 is 0. The molecular weight excluding hydrogens is 368 g/mol. The fourth-order valence-electron chi connectivity index (χ4n) is 3.83. The van der Waals surface area contributed by atoms with Crippen LogP contribution in [-0.4, -0.2) is 15.9 Å². The van der Waals surface area contributed by atoms with Gasteiger partial charge in [0.15, 0.2) is 0 Å². The van der Waals surface area contributed by atoms with Crippen LogP contribution in [0.1, 0.15) is 108 Å². The van der Waals surface area contributed by atoms with Crippen LogP contribution in [0.5, 0.6) is 0 Å². The predicted molar refractivity (Wildman–Crippen MR) is 117 cm³/mol. The van der Waals surface area contributed by atoms with E-state index >= 15 is 0 Å². The fourth-order valence-corrected chi connectivity index (χ4v) is 3.83. The molecule has 0 fully saturated rings. The Bertz CT molecular complexity index is 565. The molecule has 0 N–H and O–H groups in total. The van der Waals surface area contributed by atoms with E-state index in [9.17, 15) is 20.2 Å². The summed E-state index contributed by atoms with van der Waals surface area (Å²) < 4.78 is 0. The minimum atomic E-state index is -0.632. The Balaban J connectivity index is 2.14. The largest absolute Gasteiger partial charge is 0.264 e. The lowest BCUT2D eigenvalue weighted by Crippen LogP contribution is -2.19. The highest BCUT2D eigenvalue weighted by Crippen LogP contribution is 2.23. The molecule has 1 aromatic rings. The van der Waals surface area contributed by atoms with Crippen LogP contribution in [0.25, 0.3) is 0 Å². The van der Waals surface area contributed by atoms with Gasteiger partial charge in [0.25, 0.3) is 0 Å². The minimum Gasteiger partial charge on any atom is -0.264 e. The lowest BCUT2D eigenvalue weighted by atomic mass is 9.98. The van der Waals surface area contributed by atoms with E-state index in [4.69, 9.17) is 0 Å². The topological polar surface area (TPSA) is 86.3 Å². The Hall–Kier alpha value is -1.98. The summed E-state index contributed by atoms with van der Waals surface area (Å²) in [7, 11) is 0. The van der Waals surface area contributed by atoms with E-state index in [1.54, 1.807) is 0 Å². The van der Waals surface area contributed by atoms with Gasteiger partial charge in [-0.25, -0.2) is 0 Å². The molecule has 1 rings (SSSR count). The molecule has 164 valence electrons. The second-order valence-electron chi connectivity index (χ2n) is 8.05. The average molecular weight is 407 g/mol. The van der Waals surface area contributed by atoms with Crippen molar-refractivity contribution >= 4 is 0 Å². The first-order valence-electron chi connectivity index (χ1n) is 11.4. The molecule has 0 bridgehead atoms. The molecule has 0 amide bonds. The van der Waals surface area contributed by atoms with Crippen molar-refractivity contribution in [2.45, 2.75) is 109 Å². The second kappa shape index (κ2) is 15.9. The SMILES string of the molecule is CCCCCCCCC(CCCCCCCC(c1ccccc1)[N+](=O)[O-])[N+](=O)[O-]. The van der Waals surface area contributed by atoms with Gasteiger partial charge >= 0.3 is 0 Å².